The predicted molar refractivity (Wildman–Crippen MR) is 95.5 cm³/mol. The Bertz CT molecular complexity index is 493. The Balaban J connectivity index is 1.83. The van der Waals surface area contributed by atoms with Gasteiger partial charge < -0.3 is 4.74 Å². The van der Waals surface area contributed by atoms with Crippen molar-refractivity contribution in [2.75, 3.05) is 12.8 Å². The maximum absolute atomic E-state index is 11.1. The molecule has 2 nitrogen and oxygen atoms in total. The predicted octanol–water partition coefficient (Wildman–Crippen LogP) is 4.69. The van der Waals surface area contributed by atoms with Gasteiger partial charge in [0.25, 0.3) is 0 Å². The summed E-state index contributed by atoms with van der Waals surface area (Å²) in [5.41, 5.74) is 5.78. The zero-order chi connectivity index (χ0) is 16.1. The van der Waals surface area contributed by atoms with Crippen LogP contribution >= 0.6 is 9.24 Å². The van der Waals surface area contributed by atoms with E-state index in [9.17, 15) is 4.79 Å². The first-order chi connectivity index (χ1) is 10.5. The van der Waals surface area contributed by atoms with E-state index in [0.29, 0.717) is 18.7 Å². The fraction of sp³-hybridized carbons (Fsp3) is 0.632. The molecular formula is C19H29O2P. The van der Waals surface area contributed by atoms with Crippen LogP contribution in [-0.4, -0.2) is 18.7 Å². The molecule has 1 aliphatic carbocycles. The van der Waals surface area contributed by atoms with Crippen LogP contribution in [0, 0.1) is 26.7 Å². The van der Waals surface area contributed by atoms with Crippen molar-refractivity contribution in [3.63, 3.8) is 0 Å². The summed E-state index contributed by atoms with van der Waals surface area (Å²) in [6.45, 7) is 7.24. The van der Waals surface area contributed by atoms with Gasteiger partial charge in [0.05, 0.1) is 12.8 Å². The van der Waals surface area contributed by atoms with Crippen LogP contribution in [0.3, 0.4) is 0 Å². The molecule has 0 radical (unpaired) electrons. The molecule has 22 heavy (non-hydrogen) atoms. The Morgan fingerprint density at radius 2 is 1.73 bits per heavy atom. The third-order valence-corrected chi connectivity index (χ3v) is 5.56. The summed E-state index contributed by atoms with van der Waals surface area (Å²) in [5, 5.41) is 0. The molecule has 1 aromatic carbocycles. The Labute approximate surface area is 137 Å². The van der Waals surface area contributed by atoms with Crippen molar-refractivity contribution in [1.82, 2.24) is 0 Å². The van der Waals surface area contributed by atoms with Gasteiger partial charge in [0.15, 0.2) is 0 Å². The van der Waals surface area contributed by atoms with Crippen LogP contribution < -0.4 is 0 Å². The van der Waals surface area contributed by atoms with Gasteiger partial charge in [-0.25, -0.2) is 0 Å². The van der Waals surface area contributed by atoms with Crippen molar-refractivity contribution in [2.24, 2.45) is 5.92 Å². The molecule has 0 amide bonds. The number of aryl methyl sites for hydroxylation is 2. The Kier molecular flexibility index (Phi) is 6.44. The Morgan fingerprint density at radius 3 is 2.27 bits per heavy atom. The summed E-state index contributed by atoms with van der Waals surface area (Å²) in [4.78, 5) is 11.1. The van der Waals surface area contributed by atoms with Gasteiger partial charge in [-0.2, -0.15) is 0 Å². The third kappa shape index (κ3) is 4.56. The van der Waals surface area contributed by atoms with Crippen molar-refractivity contribution in [3.05, 3.63) is 34.4 Å². The molecule has 1 fully saturated rings. The van der Waals surface area contributed by atoms with Crippen molar-refractivity contribution < 1.29 is 9.53 Å². The number of benzene rings is 1. The summed E-state index contributed by atoms with van der Waals surface area (Å²) in [7, 11) is 2.41. The molecule has 1 aliphatic rings. The second-order valence-electron chi connectivity index (χ2n) is 6.71. The smallest absolute Gasteiger partial charge is 0.309 e. The molecule has 0 N–H and O–H groups in total. The van der Waals surface area contributed by atoms with Gasteiger partial charge in [-0.05, 0) is 87.0 Å². The minimum Gasteiger partial charge on any atom is -0.465 e. The lowest BCUT2D eigenvalue weighted by atomic mass is 9.77. The van der Waals surface area contributed by atoms with Gasteiger partial charge in [-0.15, -0.1) is 9.24 Å². The van der Waals surface area contributed by atoms with Gasteiger partial charge in [-0.1, -0.05) is 12.1 Å². The average molecular weight is 320 g/mol. The lowest BCUT2D eigenvalue weighted by molar-refractivity contribution is -0.140. The molecule has 0 heterocycles. The van der Waals surface area contributed by atoms with E-state index in [1.807, 2.05) is 0 Å². The molecule has 1 unspecified atom stereocenters. The molecule has 0 spiro atoms. The van der Waals surface area contributed by atoms with Crippen LogP contribution in [0.2, 0.25) is 0 Å². The van der Waals surface area contributed by atoms with Crippen LogP contribution in [0.4, 0.5) is 0 Å². The van der Waals surface area contributed by atoms with E-state index in [1.54, 1.807) is 0 Å². The molecule has 2 rings (SSSR count). The minimum absolute atomic E-state index is 0.107. The number of ether oxygens (including phenoxy) is 1. The van der Waals surface area contributed by atoms with Crippen molar-refractivity contribution >= 4 is 15.2 Å². The van der Waals surface area contributed by atoms with E-state index in [1.165, 1.54) is 47.9 Å². The first-order valence-corrected chi connectivity index (χ1v) is 9.26. The number of carbonyl (C=O) groups is 1. The Hall–Kier alpha value is -0.880. The first kappa shape index (κ1) is 17.5. The van der Waals surface area contributed by atoms with E-state index in [0.717, 1.165) is 12.3 Å². The van der Waals surface area contributed by atoms with Gasteiger partial charge >= 0.3 is 5.97 Å². The summed E-state index contributed by atoms with van der Waals surface area (Å²) in [6, 6.07) is 4.77. The minimum atomic E-state index is -0.107. The molecular weight excluding hydrogens is 291 g/mol. The molecule has 0 bridgehead atoms. The largest absolute Gasteiger partial charge is 0.465 e. The molecule has 0 aliphatic heterocycles. The third-order valence-electron chi connectivity index (χ3n) is 5.22. The monoisotopic (exact) mass is 320 g/mol. The maximum atomic E-state index is 11.1. The Morgan fingerprint density at radius 1 is 1.14 bits per heavy atom. The second kappa shape index (κ2) is 8.11. The number of carbonyl (C=O) groups excluding carboxylic acids is 1. The molecule has 122 valence electrons. The molecule has 1 saturated carbocycles. The van der Waals surface area contributed by atoms with E-state index in [4.69, 9.17) is 4.74 Å². The molecule has 0 saturated heterocycles. The SMILES string of the molecule is Cc1cc(C2CCC(CCOC(=O)CP)CC2)cc(C)c1C. The highest BCUT2D eigenvalue weighted by Crippen LogP contribution is 2.38. The number of rotatable bonds is 5. The second-order valence-corrected chi connectivity index (χ2v) is 7.12. The van der Waals surface area contributed by atoms with E-state index >= 15 is 0 Å². The zero-order valence-electron chi connectivity index (χ0n) is 14.2. The number of esters is 1. The summed E-state index contributed by atoms with van der Waals surface area (Å²) >= 11 is 0. The highest BCUT2D eigenvalue weighted by Gasteiger charge is 2.23. The number of hydrogen-bond acceptors (Lipinski definition) is 2. The highest BCUT2D eigenvalue weighted by molar-refractivity contribution is 7.18. The van der Waals surface area contributed by atoms with Gasteiger partial charge in [-0.3, -0.25) is 4.79 Å². The topological polar surface area (TPSA) is 26.3 Å². The van der Waals surface area contributed by atoms with Crippen molar-refractivity contribution in [2.45, 2.75) is 58.8 Å². The van der Waals surface area contributed by atoms with Crippen LogP contribution in [-0.2, 0) is 9.53 Å². The summed E-state index contributed by atoms with van der Waals surface area (Å²) < 4.78 is 5.19. The molecule has 1 aromatic rings. The average Bonchev–Trinajstić information content (AvgIpc) is 2.52. The highest BCUT2D eigenvalue weighted by atomic mass is 31.0. The fourth-order valence-corrected chi connectivity index (χ4v) is 3.61. The van der Waals surface area contributed by atoms with Crippen LogP contribution in [0.15, 0.2) is 12.1 Å². The van der Waals surface area contributed by atoms with Crippen LogP contribution in [0.1, 0.15) is 60.3 Å². The molecule has 0 aromatic heterocycles. The zero-order valence-corrected chi connectivity index (χ0v) is 15.3. The summed E-state index contributed by atoms with van der Waals surface area (Å²) in [5.74, 6) is 1.33. The van der Waals surface area contributed by atoms with Gasteiger partial charge in [0.1, 0.15) is 0 Å². The lowest BCUT2D eigenvalue weighted by Crippen LogP contribution is -2.16. The van der Waals surface area contributed by atoms with E-state index in [-0.39, 0.29) is 5.97 Å². The normalized spacial score (nSPS) is 21.6. The maximum Gasteiger partial charge on any atom is 0.309 e. The van der Waals surface area contributed by atoms with Gasteiger partial charge in [0, 0.05) is 0 Å². The molecule has 3 heteroatoms. The van der Waals surface area contributed by atoms with Crippen molar-refractivity contribution in [3.8, 4) is 0 Å². The first-order valence-electron chi connectivity index (χ1n) is 8.44. The summed E-state index contributed by atoms with van der Waals surface area (Å²) in [6.07, 6.45) is 6.48. The fourth-order valence-electron chi connectivity index (χ4n) is 3.49. The standard InChI is InChI=1S/C19H29O2P/c1-13-10-18(11-14(2)15(13)3)17-6-4-16(5-7-17)8-9-21-19(20)12-22/h10-11,16-17H,4-9,12,22H2,1-3H3. The number of hydrogen-bond donors (Lipinski definition) is 0. The van der Waals surface area contributed by atoms with E-state index in [2.05, 4.69) is 42.1 Å². The quantitative estimate of drug-likeness (QED) is 0.581. The van der Waals surface area contributed by atoms with Gasteiger partial charge in [0.2, 0.25) is 0 Å². The lowest BCUT2D eigenvalue weighted by Gasteiger charge is -2.29. The van der Waals surface area contributed by atoms with E-state index < -0.39 is 0 Å². The van der Waals surface area contributed by atoms with Crippen LogP contribution in [0.25, 0.3) is 0 Å². The van der Waals surface area contributed by atoms with Crippen molar-refractivity contribution in [1.29, 1.82) is 0 Å². The van der Waals surface area contributed by atoms with Crippen LogP contribution in [0.5, 0.6) is 0 Å². The molecule has 1 atom stereocenters.